The van der Waals surface area contributed by atoms with E-state index in [9.17, 15) is 23.2 Å². The predicted octanol–water partition coefficient (Wildman–Crippen LogP) is 3.92. The van der Waals surface area contributed by atoms with Gasteiger partial charge in [0.25, 0.3) is 0 Å². The Morgan fingerprint density at radius 2 is 2.17 bits per heavy atom. The van der Waals surface area contributed by atoms with Crippen molar-refractivity contribution in [2.45, 2.75) is 31.5 Å². The standard InChI is InChI=1S/C15H13F3N2O2S/c1-3-11(22-2)13(21)9(7-19)14-20-10-6-8(15(16,17)18)4-5-12(10)23-14/h4-6,9,11H,3H2,1-2H3/t9-,11-/m1/s1. The summed E-state index contributed by atoms with van der Waals surface area (Å²) in [6.07, 6.45) is -4.81. The highest BCUT2D eigenvalue weighted by Crippen LogP contribution is 2.34. The van der Waals surface area contributed by atoms with Crippen LogP contribution in [-0.2, 0) is 15.7 Å². The van der Waals surface area contributed by atoms with Gasteiger partial charge >= 0.3 is 6.18 Å². The van der Waals surface area contributed by atoms with E-state index in [4.69, 9.17) is 4.74 Å². The zero-order valence-corrected chi connectivity index (χ0v) is 13.2. The molecule has 0 aliphatic heterocycles. The first-order valence-corrected chi connectivity index (χ1v) is 7.57. The molecule has 122 valence electrons. The zero-order chi connectivity index (χ0) is 17.2. The number of rotatable bonds is 5. The molecule has 2 rings (SSSR count). The minimum atomic E-state index is -4.47. The molecule has 4 nitrogen and oxygen atoms in total. The number of aromatic nitrogens is 1. The molecule has 0 aliphatic rings. The fraction of sp³-hybridized carbons (Fsp3) is 0.400. The van der Waals surface area contributed by atoms with Crippen LogP contribution in [0.5, 0.6) is 0 Å². The maximum absolute atomic E-state index is 12.7. The van der Waals surface area contributed by atoms with E-state index in [0.717, 1.165) is 23.5 Å². The van der Waals surface area contributed by atoms with E-state index in [1.165, 1.54) is 13.2 Å². The maximum Gasteiger partial charge on any atom is 0.416 e. The predicted molar refractivity (Wildman–Crippen MR) is 79.1 cm³/mol. The van der Waals surface area contributed by atoms with Crippen LogP contribution in [0.4, 0.5) is 13.2 Å². The number of carbonyl (C=O) groups is 1. The van der Waals surface area contributed by atoms with Crippen LogP contribution in [-0.4, -0.2) is 24.0 Å². The van der Waals surface area contributed by atoms with Crippen molar-refractivity contribution in [3.63, 3.8) is 0 Å². The van der Waals surface area contributed by atoms with Gasteiger partial charge in [0, 0.05) is 7.11 Å². The number of hydrogen-bond acceptors (Lipinski definition) is 5. The topological polar surface area (TPSA) is 63.0 Å². The number of hydrogen-bond donors (Lipinski definition) is 0. The Hall–Kier alpha value is -1.98. The van der Waals surface area contributed by atoms with E-state index in [2.05, 4.69) is 4.98 Å². The van der Waals surface area contributed by atoms with Gasteiger partial charge in [-0.3, -0.25) is 4.79 Å². The van der Waals surface area contributed by atoms with Crippen LogP contribution < -0.4 is 0 Å². The average Bonchev–Trinajstić information content (AvgIpc) is 2.90. The van der Waals surface area contributed by atoms with E-state index in [1.807, 2.05) is 6.07 Å². The molecule has 0 unspecified atom stereocenters. The molecule has 0 fully saturated rings. The molecule has 0 amide bonds. The third-order valence-electron chi connectivity index (χ3n) is 3.36. The lowest BCUT2D eigenvalue weighted by Gasteiger charge is -2.13. The van der Waals surface area contributed by atoms with Gasteiger partial charge in [-0.25, -0.2) is 4.98 Å². The summed E-state index contributed by atoms with van der Waals surface area (Å²) >= 11 is 1.04. The number of ketones is 1. The fourth-order valence-electron chi connectivity index (χ4n) is 2.16. The van der Waals surface area contributed by atoms with Crippen molar-refractivity contribution in [2.75, 3.05) is 7.11 Å². The summed E-state index contributed by atoms with van der Waals surface area (Å²) in [7, 11) is 1.37. The second-order valence-corrected chi connectivity index (χ2v) is 5.89. The molecule has 0 saturated heterocycles. The molecule has 0 aliphatic carbocycles. The summed E-state index contributed by atoms with van der Waals surface area (Å²) in [6.45, 7) is 1.74. The number of carbonyl (C=O) groups excluding carboxylic acids is 1. The fourth-order valence-corrected chi connectivity index (χ4v) is 3.16. The number of thiazole rings is 1. The number of fused-ring (bicyclic) bond motifs is 1. The number of alkyl halides is 3. The highest BCUT2D eigenvalue weighted by atomic mass is 32.1. The second-order valence-electron chi connectivity index (χ2n) is 4.83. The van der Waals surface area contributed by atoms with Crippen LogP contribution >= 0.6 is 11.3 Å². The zero-order valence-electron chi connectivity index (χ0n) is 12.3. The molecule has 23 heavy (non-hydrogen) atoms. The average molecular weight is 342 g/mol. The molecule has 2 atom stereocenters. The van der Waals surface area contributed by atoms with Crippen LogP contribution in [0.1, 0.15) is 29.8 Å². The van der Waals surface area contributed by atoms with E-state index in [0.29, 0.717) is 11.1 Å². The Bertz CT molecular complexity index is 760. The molecule has 2 aromatic rings. The van der Waals surface area contributed by atoms with Gasteiger partial charge in [0.2, 0.25) is 0 Å². The summed E-state index contributed by atoms with van der Waals surface area (Å²) in [5.74, 6) is -1.58. The molecular weight excluding hydrogens is 329 g/mol. The van der Waals surface area contributed by atoms with Crippen LogP contribution in [0.15, 0.2) is 18.2 Å². The van der Waals surface area contributed by atoms with Crippen molar-refractivity contribution in [3.8, 4) is 6.07 Å². The molecule has 8 heteroatoms. The third-order valence-corrected chi connectivity index (χ3v) is 4.47. The summed E-state index contributed by atoms with van der Waals surface area (Å²) in [5.41, 5.74) is -0.691. The monoisotopic (exact) mass is 342 g/mol. The van der Waals surface area contributed by atoms with E-state index < -0.39 is 29.5 Å². The number of nitrogens with zero attached hydrogens (tertiary/aromatic N) is 2. The molecule has 0 bridgehead atoms. The summed E-state index contributed by atoms with van der Waals surface area (Å²) in [6, 6.07) is 5.04. The van der Waals surface area contributed by atoms with Gasteiger partial charge in [0.1, 0.15) is 11.1 Å². The Kier molecular flexibility index (Phi) is 5.02. The van der Waals surface area contributed by atoms with Crippen molar-refractivity contribution in [1.82, 2.24) is 4.98 Å². The van der Waals surface area contributed by atoms with Gasteiger partial charge in [0.05, 0.1) is 21.8 Å². The van der Waals surface area contributed by atoms with Crippen molar-refractivity contribution >= 4 is 27.3 Å². The first kappa shape index (κ1) is 17.4. The van der Waals surface area contributed by atoms with Crippen molar-refractivity contribution in [2.24, 2.45) is 0 Å². The minimum absolute atomic E-state index is 0.123. The first-order chi connectivity index (χ1) is 10.8. The quantitative estimate of drug-likeness (QED) is 0.826. The molecule has 1 aromatic carbocycles. The second kappa shape index (κ2) is 6.64. The number of halogens is 3. The van der Waals surface area contributed by atoms with Gasteiger partial charge in [-0.15, -0.1) is 11.3 Å². The normalized spacial score (nSPS) is 14.4. The van der Waals surface area contributed by atoms with E-state index in [1.54, 1.807) is 6.92 Å². The Labute approximate surface area is 134 Å². The smallest absolute Gasteiger partial charge is 0.374 e. The van der Waals surface area contributed by atoms with Crippen molar-refractivity contribution < 1.29 is 22.7 Å². The summed E-state index contributed by atoms with van der Waals surface area (Å²) in [5, 5.41) is 9.44. The number of benzene rings is 1. The summed E-state index contributed by atoms with van der Waals surface area (Å²) < 4.78 is 43.7. The SMILES string of the molecule is CC[C@@H](OC)C(=O)[C@@H](C#N)c1nc2cc(C(F)(F)F)ccc2s1. The molecule has 1 aromatic heterocycles. The van der Waals surface area contributed by atoms with Crippen LogP contribution in [0, 0.1) is 11.3 Å². The van der Waals surface area contributed by atoms with Gasteiger partial charge in [-0.2, -0.15) is 18.4 Å². The van der Waals surface area contributed by atoms with Gasteiger partial charge in [-0.05, 0) is 24.6 Å². The van der Waals surface area contributed by atoms with E-state index in [-0.39, 0.29) is 10.5 Å². The Morgan fingerprint density at radius 1 is 1.48 bits per heavy atom. The number of ether oxygens (including phenoxy) is 1. The van der Waals surface area contributed by atoms with Gasteiger partial charge < -0.3 is 4.74 Å². The Morgan fingerprint density at radius 3 is 2.70 bits per heavy atom. The minimum Gasteiger partial charge on any atom is -0.374 e. The number of nitriles is 1. The molecule has 0 saturated carbocycles. The maximum atomic E-state index is 12.7. The third kappa shape index (κ3) is 3.51. The molecular formula is C15H13F3N2O2S. The van der Waals surface area contributed by atoms with Crippen LogP contribution in [0.3, 0.4) is 0 Å². The molecule has 0 radical (unpaired) electrons. The number of methoxy groups -OCH3 is 1. The van der Waals surface area contributed by atoms with Crippen LogP contribution in [0.25, 0.3) is 10.2 Å². The highest BCUT2D eigenvalue weighted by Gasteiger charge is 2.32. The van der Waals surface area contributed by atoms with E-state index >= 15 is 0 Å². The molecule has 0 N–H and O–H groups in total. The van der Waals surface area contributed by atoms with Gasteiger partial charge in [0.15, 0.2) is 11.7 Å². The van der Waals surface area contributed by atoms with Crippen LogP contribution in [0.2, 0.25) is 0 Å². The number of Topliss-reactive ketones (excluding diaryl/α,β-unsaturated/α-hetero) is 1. The lowest BCUT2D eigenvalue weighted by Crippen LogP contribution is -2.27. The van der Waals surface area contributed by atoms with Crippen molar-refractivity contribution in [1.29, 1.82) is 5.26 Å². The molecule has 1 heterocycles. The lowest BCUT2D eigenvalue weighted by atomic mass is 10.0. The van der Waals surface area contributed by atoms with Gasteiger partial charge in [-0.1, -0.05) is 6.92 Å². The summed E-state index contributed by atoms with van der Waals surface area (Å²) in [4.78, 5) is 16.3. The first-order valence-electron chi connectivity index (χ1n) is 6.75. The largest absolute Gasteiger partial charge is 0.416 e. The highest BCUT2D eigenvalue weighted by molar-refractivity contribution is 7.18. The Balaban J connectivity index is 2.43. The molecule has 0 spiro atoms. The van der Waals surface area contributed by atoms with Crippen molar-refractivity contribution in [3.05, 3.63) is 28.8 Å². The lowest BCUT2D eigenvalue weighted by molar-refractivity contribution is -0.137.